The fourth-order valence-electron chi connectivity index (χ4n) is 1.77. The van der Waals surface area contributed by atoms with Gasteiger partial charge in [-0.05, 0) is 6.42 Å². The number of rotatable bonds is 2. The van der Waals surface area contributed by atoms with Crippen LogP contribution < -0.4 is 5.73 Å². The molecule has 1 aliphatic heterocycles. The predicted octanol–water partition coefficient (Wildman–Crippen LogP) is -0.218. The first-order valence-corrected chi connectivity index (χ1v) is 6.75. The summed E-state index contributed by atoms with van der Waals surface area (Å²) in [6.45, 7) is 1.94. The number of hydrogen-bond acceptors (Lipinski definition) is 5. The third kappa shape index (κ3) is 1.97. The van der Waals surface area contributed by atoms with Crippen LogP contribution in [0.5, 0.6) is 0 Å². The van der Waals surface area contributed by atoms with Crippen LogP contribution in [0.15, 0.2) is 0 Å². The van der Waals surface area contributed by atoms with Crippen molar-refractivity contribution in [1.29, 1.82) is 0 Å². The maximum absolute atomic E-state index is 11.3. The first-order valence-electron chi connectivity index (χ1n) is 4.93. The average molecular weight is 230 g/mol. The van der Waals surface area contributed by atoms with Crippen LogP contribution in [0.3, 0.4) is 0 Å². The zero-order valence-electron chi connectivity index (χ0n) is 8.55. The summed E-state index contributed by atoms with van der Waals surface area (Å²) in [5, 5.41) is 4.19. The molecule has 1 aliphatic rings. The van der Waals surface area contributed by atoms with E-state index in [1.165, 1.54) is 0 Å². The third-order valence-corrected chi connectivity index (χ3v) is 4.32. The molecule has 84 valence electrons. The van der Waals surface area contributed by atoms with Gasteiger partial charge in [-0.15, -0.1) is 0 Å². The molecule has 6 nitrogen and oxygen atoms in total. The molecule has 1 saturated heterocycles. The van der Waals surface area contributed by atoms with E-state index in [2.05, 4.69) is 10.1 Å². The monoisotopic (exact) mass is 230 g/mol. The summed E-state index contributed by atoms with van der Waals surface area (Å²) in [4.78, 5) is 4.06. The lowest BCUT2D eigenvalue weighted by molar-refractivity contribution is 0.502. The van der Waals surface area contributed by atoms with Gasteiger partial charge in [-0.1, -0.05) is 6.92 Å². The van der Waals surface area contributed by atoms with Crippen LogP contribution >= 0.6 is 0 Å². The molecule has 1 atom stereocenters. The summed E-state index contributed by atoms with van der Waals surface area (Å²) in [6, 6.07) is -0.136. The predicted molar refractivity (Wildman–Crippen MR) is 56.1 cm³/mol. The number of nitrogens with two attached hydrogens (primary N) is 1. The van der Waals surface area contributed by atoms with Crippen LogP contribution in [-0.2, 0) is 16.3 Å². The van der Waals surface area contributed by atoms with Crippen LogP contribution in [0.4, 0.5) is 5.95 Å². The standard InChI is InChI=1S/C8H14N4O2S/c1-2-7-10-8(9)12(11-7)6-3-4-15(13,14)5-6/h6H,2-5H2,1H3,(H2,9,10,11). The van der Waals surface area contributed by atoms with Crippen molar-refractivity contribution < 1.29 is 8.42 Å². The fourth-order valence-corrected chi connectivity index (χ4v) is 3.46. The van der Waals surface area contributed by atoms with Gasteiger partial charge in [-0.3, -0.25) is 0 Å². The number of nitrogen functional groups attached to an aromatic ring is 1. The molecule has 1 fully saturated rings. The zero-order valence-corrected chi connectivity index (χ0v) is 9.37. The van der Waals surface area contributed by atoms with E-state index >= 15 is 0 Å². The lowest BCUT2D eigenvalue weighted by Crippen LogP contribution is -2.15. The lowest BCUT2D eigenvalue weighted by atomic mass is 10.3. The number of aryl methyl sites for hydroxylation is 1. The van der Waals surface area contributed by atoms with Crippen LogP contribution in [0, 0.1) is 0 Å². The molecule has 1 aromatic rings. The van der Waals surface area contributed by atoms with Crippen LogP contribution in [0.1, 0.15) is 25.2 Å². The summed E-state index contributed by atoms with van der Waals surface area (Å²) in [5.74, 6) is 1.33. The van der Waals surface area contributed by atoms with Crippen molar-refractivity contribution >= 4 is 15.8 Å². The molecular formula is C8H14N4O2S. The van der Waals surface area contributed by atoms with Gasteiger partial charge in [-0.25, -0.2) is 13.1 Å². The van der Waals surface area contributed by atoms with Crippen molar-refractivity contribution in [2.45, 2.75) is 25.8 Å². The molecule has 2 heterocycles. The molecule has 0 spiro atoms. The van der Waals surface area contributed by atoms with E-state index < -0.39 is 9.84 Å². The van der Waals surface area contributed by atoms with Gasteiger partial charge < -0.3 is 5.73 Å². The molecule has 0 aromatic carbocycles. The maximum Gasteiger partial charge on any atom is 0.219 e. The average Bonchev–Trinajstić information content (AvgIpc) is 2.69. The van der Waals surface area contributed by atoms with Crippen LogP contribution in [0.2, 0.25) is 0 Å². The van der Waals surface area contributed by atoms with Gasteiger partial charge in [0.15, 0.2) is 15.7 Å². The van der Waals surface area contributed by atoms with Crippen LogP contribution in [0.25, 0.3) is 0 Å². The maximum atomic E-state index is 11.3. The minimum Gasteiger partial charge on any atom is -0.368 e. The first-order chi connectivity index (χ1) is 7.02. The minimum absolute atomic E-state index is 0.129. The van der Waals surface area contributed by atoms with Crippen molar-refractivity contribution in [2.75, 3.05) is 17.2 Å². The van der Waals surface area contributed by atoms with Gasteiger partial charge in [0.1, 0.15) is 0 Å². The summed E-state index contributed by atoms with van der Waals surface area (Å²) in [7, 11) is -2.90. The molecule has 0 aliphatic carbocycles. The van der Waals surface area contributed by atoms with Gasteiger partial charge in [0.05, 0.1) is 17.5 Å². The highest BCUT2D eigenvalue weighted by Gasteiger charge is 2.31. The Morgan fingerprint density at radius 3 is 2.80 bits per heavy atom. The molecule has 1 aromatic heterocycles. The number of hydrogen-bond donors (Lipinski definition) is 1. The van der Waals surface area contributed by atoms with Crippen molar-refractivity contribution in [3.63, 3.8) is 0 Å². The van der Waals surface area contributed by atoms with E-state index in [0.29, 0.717) is 24.6 Å². The second kappa shape index (κ2) is 3.48. The molecule has 0 amide bonds. The van der Waals surface area contributed by atoms with E-state index in [1.54, 1.807) is 4.68 Å². The van der Waals surface area contributed by atoms with E-state index in [0.717, 1.165) is 0 Å². The third-order valence-electron chi connectivity index (χ3n) is 2.57. The Labute approximate surface area is 88.4 Å². The number of anilines is 1. The van der Waals surface area contributed by atoms with E-state index in [1.807, 2.05) is 6.92 Å². The highest BCUT2D eigenvalue weighted by atomic mass is 32.2. The Hall–Kier alpha value is -1.11. The second-order valence-corrected chi connectivity index (χ2v) is 5.97. The topological polar surface area (TPSA) is 90.9 Å². The number of nitrogens with zero attached hydrogens (tertiary/aromatic N) is 3. The summed E-state index contributed by atoms with van der Waals surface area (Å²) >= 11 is 0. The van der Waals surface area contributed by atoms with E-state index in [4.69, 9.17) is 5.73 Å². The largest absolute Gasteiger partial charge is 0.368 e. The Kier molecular flexibility index (Phi) is 2.41. The lowest BCUT2D eigenvalue weighted by Gasteiger charge is -2.08. The van der Waals surface area contributed by atoms with Crippen molar-refractivity contribution in [3.8, 4) is 0 Å². The first kappa shape index (κ1) is 10.4. The zero-order chi connectivity index (χ0) is 11.1. The highest BCUT2D eigenvalue weighted by Crippen LogP contribution is 2.24. The Bertz CT molecular complexity index is 465. The molecule has 15 heavy (non-hydrogen) atoms. The molecule has 2 N–H and O–H groups in total. The van der Waals surface area contributed by atoms with Crippen molar-refractivity contribution in [3.05, 3.63) is 5.82 Å². The molecule has 0 bridgehead atoms. The Morgan fingerprint density at radius 1 is 1.60 bits per heavy atom. The number of sulfone groups is 1. The summed E-state index contributed by atoms with van der Waals surface area (Å²) in [6.07, 6.45) is 1.29. The molecular weight excluding hydrogens is 216 g/mol. The summed E-state index contributed by atoms with van der Waals surface area (Å²) < 4.78 is 24.1. The Balaban J connectivity index is 2.27. The van der Waals surface area contributed by atoms with Crippen molar-refractivity contribution in [2.24, 2.45) is 0 Å². The molecule has 1 unspecified atom stereocenters. The van der Waals surface area contributed by atoms with Gasteiger partial charge in [0, 0.05) is 6.42 Å². The van der Waals surface area contributed by atoms with Crippen molar-refractivity contribution in [1.82, 2.24) is 14.8 Å². The highest BCUT2D eigenvalue weighted by molar-refractivity contribution is 7.91. The molecule has 2 rings (SSSR count). The van der Waals surface area contributed by atoms with Crippen LogP contribution in [-0.4, -0.2) is 34.7 Å². The fraction of sp³-hybridized carbons (Fsp3) is 0.750. The second-order valence-electron chi connectivity index (χ2n) is 3.74. The van der Waals surface area contributed by atoms with Gasteiger partial charge in [-0.2, -0.15) is 10.1 Å². The van der Waals surface area contributed by atoms with E-state index in [9.17, 15) is 8.42 Å². The number of aromatic nitrogens is 3. The SMILES string of the molecule is CCc1nc(N)n(C2CCS(=O)(=O)C2)n1. The smallest absolute Gasteiger partial charge is 0.219 e. The Morgan fingerprint density at radius 2 is 2.33 bits per heavy atom. The quantitative estimate of drug-likeness (QED) is 0.758. The minimum atomic E-state index is -2.90. The van der Waals surface area contributed by atoms with Gasteiger partial charge in [0.2, 0.25) is 5.95 Å². The summed E-state index contributed by atoms with van der Waals surface area (Å²) in [5.41, 5.74) is 5.68. The normalized spacial score (nSPS) is 24.5. The molecule has 0 saturated carbocycles. The van der Waals surface area contributed by atoms with Gasteiger partial charge in [0.25, 0.3) is 0 Å². The van der Waals surface area contributed by atoms with E-state index in [-0.39, 0.29) is 17.5 Å². The molecule has 0 radical (unpaired) electrons. The van der Waals surface area contributed by atoms with Gasteiger partial charge >= 0.3 is 0 Å². The molecule has 7 heteroatoms.